The standard InChI is InChI=1S/C20H31N3O4S/c1-28(24,25)27-17-20-16-23(18-26-20)10-6-5-9-21-11-13-22(14-12-21)15-19-7-3-2-4-8-19/h2-4,7-8,16H,5-6,9-15,17-18H2,1H3. The molecule has 1 fully saturated rings. The topological polar surface area (TPSA) is 62.3 Å². The highest BCUT2D eigenvalue weighted by molar-refractivity contribution is 7.85. The van der Waals surface area contributed by atoms with E-state index in [2.05, 4.69) is 45.0 Å². The van der Waals surface area contributed by atoms with E-state index in [1.807, 2.05) is 6.20 Å². The minimum Gasteiger partial charge on any atom is -0.473 e. The summed E-state index contributed by atoms with van der Waals surface area (Å²) in [5.41, 5.74) is 1.39. The summed E-state index contributed by atoms with van der Waals surface area (Å²) in [7, 11) is -3.43. The molecule has 1 aromatic rings. The van der Waals surface area contributed by atoms with Crippen LogP contribution in [0.3, 0.4) is 0 Å². The van der Waals surface area contributed by atoms with Gasteiger partial charge in [0.05, 0.1) is 6.26 Å². The van der Waals surface area contributed by atoms with E-state index in [4.69, 9.17) is 8.92 Å². The molecule has 0 atom stereocenters. The van der Waals surface area contributed by atoms with Crippen molar-refractivity contribution in [3.05, 3.63) is 47.9 Å². The van der Waals surface area contributed by atoms with Crippen molar-refractivity contribution in [2.24, 2.45) is 0 Å². The highest BCUT2D eigenvalue weighted by Crippen LogP contribution is 2.13. The molecule has 0 aliphatic carbocycles. The van der Waals surface area contributed by atoms with E-state index in [9.17, 15) is 8.42 Å². The van der Waals surface area contributed by atoms with Crippen molar-refractivity contribution in [2.75, 3.05) is 58.9 Å². The van der Waals surface area contributed by atoms with Crippen LogP contribution in [0.2, 0.25) is 0 Å². The Labute approximate surface area is 168 Å². The van der Waals surface area contributed by atoms with Crippen molar-refractivity contribution >= 4 is 10.1 Å². The highest BCUT2D eigenvalue weighted by Gasteiger charge is 2.18. The van der Waals surface area contributed by atoms with Gasteiger partial charge in [-0.05, 0) is 24.9 Å². The van der Waals surface area contributed by atoms with Gasteiger partial charge >= 0.3 is 0 Å². The van der Waals surface area contributed by atoms with Crippen LogP contribution in [0, 0.1) is 0 Å². The maximum absolute atomic E-state index is 11.0. The summed E-state index contributed by atoms with van der Waals surface area (Å²) in [5, 5.41) is 0. The first-order valence-corrected chi connectivity index (χ1v) is 11.7. The minimum absolute atomic E-state index is 0.0252. The molecular formula is C20H31N3O4S. The van der Waals surface area contributed by atoms with Crippen LogP contribution < -0.4 is 0 Å². The Hall–Kier alpha value is -1.61. The second-order valence-electron chi connectivity index (χ2n) is 7.46. The Kier molecular flexibility index (Phi) is 7.73. The number of hydrogen-bond donors (Lipinski definition) is 0. The predicted octanol–water partition coefficient (Wildman–Crippen LogP) is 1.69. The Morgan fingerprint density at radius 3 is 2.39 bits per heavy atom. The van der Waals surface area contributed by atoms with Gasteiger partial charge in [0, 0.05) is 45.5 Å². The van der Waals surface area contributed by atoms with Crippen LogP contribution in [-0.4, -0.2) is 82.0 Å². The normalized spacial score (nSPS) is 18.9. The van der Waals surface area contributed by atoms with Gasteiger partial charge in [-0.25, -0.2) is 0 Å². The molecule has 2 aliphatic heterocycles. The van der Waals surface area contributed by atoms with E-state index in [-0.39, 0.29) is 6.61 Å². The number of hydrogen-bond acceptors (Lipinski definition) is 7. The molecule has 0 amide bonds. The molecule has 1 saturated heterocycles. The van der Waals surface area contributed by atoms with Gasteiger partial charge in [0.15, 0.2) is 6.73 Å². The summed E-state index contributed by atoms with van der Waals surface area (Å²) in [4.78, 5) is 7.14. The Bertz CT molecular complexity index is 731. The Morgan fingerprint density at radius 2 is 1.68 bits per heavy atom. The third kappa shape index (κ3) is 7.43. The molecule has 156 valence electrons. The summed E-state index contributed by atoms with van der Waals surface area (Å²) in [6.07, 6.45) is 5.14. The second-order valence-corrected chi connectivity index (χ2v) is 9.10. The number of ether oxygens (including phenoxy) is 1. The van der Waals surface area contributed by atoms with Gasteiger partial charge in [0.2, 0.25) is 0 Å². The quantitative estimate of drug-likeness (QED) is 0.430. The molecule has 0 saturated carbocycles. The molecule has 0 radical (unpaired) electrons. The first kappa shape index (κ1) is 21.1. The molecule has 0 N–H and O–H groups in total. The van der Waals surface area contributed by atoms with Gasteiger partial charge in [0.25, 0.3) is 10.1 Å². The van der Waals surface area contributed by atoms with Crippen LogP contribution in [-0.2, 0) is 25.6 Å². The number of rotatable bonds is 10. The number of benzene rings is 1. The lowest BCUT2D eigenvalue weighted by atomic mass is 10.2. The van der Waals surface area contributed by atoms with Crippen LogP contribution >= 0.6 is 0 Å². The monoisotopic (exact) mass is 409 g/mol. The van der Waals surface area contributed by atoms with Crippen molar-refractivity contribution in [3.63, 3.8) is 0 Å². The molecular weight excluding hydrogens is 378 g/mol. The Balaban J connectivity index is 1.26. The van der Waals surface area contributed by atoms with Crippen molar-refractivity contribution in [2.45, 2.75) is 19.4 Å². The fourth-order valence-electron chi connectivity index (χ4n) is 3.48. The minimum atomic E-state index is -3.43. The van der Waals surface area contributed by atoms with E-state index in [0.717, 1.165) is 64.9 Å². The van der Waals surface area contributed by atoms with E-state index >= 15 is 0 Å². The van der Waals surface area contributed by atoms with Gasteiger partial charge in [0.1, 0.15) is 12.4 Å². The molecule has 8 heteroatoms. The van der Waals surface area contributed by atoms with Gasteiger partial charge in [-0.15, -0.1) is 0 Å². The fraction of sp³-hybridized carbons (Fsp3) is 0.600. The Morgan fingerprint density at radius 1 is 1.00 bits per heavy atom. The molecule has 0 unspecified atom stereocenters. The summed E-state index contributed by atoms with van der Waals surface area (Å²) in [5.74, 6) is 0.569. The van der Waals surface area contributed by atoms with E-state index in [1.54, 1.807) is 0 Å². The molecule has 1 aromatic carbocycles. The van der Waals surface area contributed by atoms with Crippen LogP contribution in [0.25, 0.3) is 0 Å². The van der Waals surface area contributed by atoms with Crippen molar-refractivity contribution in [3.8, 4) is 0 Å². The van der Waals surface area contributed by atoms with Gasteiger partial charge in [-0.1, -0.05) is 30.3 Å². The summed E-state index contributed by atoms with van der Waals surface area (Å²) < 4.78 is 32.2. The maximum Gasteiger partial charge on any atom is 0.264 e. The van der Waals surface area contributed by atoms with E-state index in [1.165, 1.54) is 5.56 Å². The van der Waals surface area contributed by atoms with E-state index < -0.39 is 10.1 Å². The third-order valence-electron chi connectivity index (χ3n) is 5.04. The molecule has 0 bridgehead atoms. The largest absolute Gasteiger partial charge is 0.473 e. The maximum atomic E-state index is 11.0. The van der Waals surface area contributed by atoms with Crippen LogP contribution in [0.1, 0.15) is 18.4 Å². The van der Waals surface area contributed by atoms with Crippen LogP contribution in [0.15, 0.2) is 42.3 Å². The predicted molar refractivity (Wildman–Crippen MR) is 109 cm³/mol. The molecule has 2 aliphatic rings. The van der Waals surface area contributed by atoms with E-state index in [0.29, 0.717) is 12.5 Å². The van der Waals surface area contributed by atoms with Crippen LogP contribution in [0.4, 0.5) is 0 Å². The molecule has 7 nitrogen and oxygen atoms in total. The SMILES string of the molecule is CS(=O)(=O)OCC1=CN(CCCCN2CCN(Cc3ccccc3)CC2)CO1. The molecule has 0 spiro atoms. The summed E-state index contributed by atoms with van der Waals surface area (Å²) >= 11 is 0. The molecule has 2 heterocycles. The lowest BCUT2D eigenvalue weighted by molar-refractivity contribution is 0.119. The van der Waals surface area contributed by atoms with Crippen LogP contribution in [0.5, 0.6) is 0 Å². The first-order valence-electron chi connectivity index (χ1n) is 9.88. The first-order chi connectivity index (χ1) is 13.5. The zero-order chi connectivity index (χ0) is 19.8. The average Bonchev–Trinajstić information content (AvgIpc) is 3.13. The molecule has 28 heavy (non-hydrogen) atoms. The average molecular weight is 410 g/mol. The lowest BCUT2D eigenvalue weighted by Crippen LogP contribution is -2.46. The molecule has 3 rings (SSSR count). The zero-order valence-electron chi connectivity index (χ0n) is 16.6. The fourth-order valence-corrected chi connectivity index (χ4v) is 3.81. The number of piperazine rings is 1. The molecule has 0 aromatic heterocycles. The zero-order valence-corrected chi connectivity index (χ0v) is 17.4. The third-order valence-corrected chi connectivity index (χ3v) is 5.59. The van der Waals surface area contributed by atoms with Gasteiger partial charge in [-0.2, -0.15) is 8.42 Å². The van der Waals surface area contributed by atoms with Crippen molar-refractivity contribution in [1.82, 2.24) is 14.7 Å². The van der Waals surface area contributed by atoms with Crippen molar-refractivity contribution in [1.29, 1.82) is 0 Å². The summed E-state index contributed by atoms with van der Waals surface area (Å²) in [6.45, 7) is 8.05. The second kappa shape index (κ2) is 10.2. The van der Waals surface area contributed by atoms with Gasteiger partial charge in [-0.3, -0.25) is 9.08 Å². The number of unbranched alkanes of at least 4 members (excludes halogenated alkanes) is 1. The summed E-state index contributed by atoms with van der Waals surface area (Å²) in [6, 6.07) is 10.7. The van der Waals surface area contributed by atoms with Crippen molar-refractivity contribution < 1.29 is 17.3 Å². The van der Waals surface area contributed by atoms with Gasteiger partial charge < -0.3 is 14.5 Å². The highest BCUT2D eigenvalue weighted by atomic mass is 32.2. The lowest BCUT2D eigenvalue weighted by Gasteiger charge is -2.34. The smallest absolute Gasteiger partial charge is 0.264 e. The number of nitrogens with zero attached hydrogens (tertiary/aromatic N) is 3.